The average molecular weight is 342 g/mol. The summed E-state index contributed by atoms with van der Waals surface area (Å²) in [5.74, 6) is 1.47. The largest absolute Gasteiger partial charge is 0.497 e. The quantitative estimate of drug-likeness (QED) is 0.437. The Balaban J connectivity index is 1.58. The van der Waals surface area contributed by atoms with Gasteiger partial charge in [-0.05, 0) is 42.8 Å². The summed E-state index contributed by atoms with van der Waals surface area (Å²) in [6, 6.07) is 17.9. The van der Waals surface area contributed by atoms with Gasteiger partial charge in [-0.2, -0.15) is 5.10 Å². The van der Waals surface area contributed by atoms with Crippen LogP contribution in [0.1, 0.15) is 11.1 Å². The van der Waals surface area contributed by atoms with Crippen molar-refractivity contribution in [2.75, 3.05) is 12.5 Å². The zero-order valence-electron chi connectivity index (χ0n) is 14.6. The molecular formula is C21H18N4O. The van der Waals surface area contributed by atoms with Crippen molar-refractivity contribution in [3.63, 3.8) is 0 Å². The van der Waals surface area contributed by atoms with Crippen molar-refractivity contribution in [1.29, 1.82) is 0 Å². The first-order valence-electron chi connectivity index (χ1n) is 8.32. The molecule has 4 rings (SSSR count). The van der Waals surface area contributed by atoms with Crippen molar-refractivity contribution in [2.45, 2.75) is 6.92 Å². The van der Waals surface area contributed by atoms with E-state index in [0.717, 1.165) is 38.7 Å². The smallest absolute Gasteiger partial charge is 0.147 e. The van der Waals surface area contributed by atoms with Crippen LogP contribution in [0.15, 0.2) is 65.9 Å². The summed E-state index contributed by atoms with van der Waals surface area (Å²) < 4.78 is 5.28. The Kier molecular flexibility index (Phi) is 4.19. The first kappa shape index (κ1) is 16.0. The van der Waals surface area contributed by atoms with Crippen LogP contribution in [-0.2, 0) is 0 Å². The van der Waals surface area contributed by atoms with Gasteiger partial charge in [0.15, 0.2) is 0 Å². The predicted molar refractivity (Wildman–Crippen MR) is 106 cm³/mol. The van der Waals surface area contributed by atoms with Gasteiger partial charge < -0.3 is 4.74 Å². The van der Waals surface area contributed by atoms with Crippen molar-refractivity contribution in [1.82, 2.24) is 9.97 Å². The number of hydrogen-bond acceptors (Lipinski definition) is 5. The van der Waals surface area contributed by atoms with E-state index in [4.69, 9.17) is 4.74 Å². The van der Waals surface area contributed by atoms with Crippen LogP contribution in [-0.4, -0.2) is 23.3 Å². The zero-order valence-corrected chi connectivity index (χ0v) is 14.6. The van der Waals surface area contributed by atoms with Crippen molar-refractivity contribution in [3.05, 3.63) is 71.9 Å². The van der Waals surface area contributed by atoms with Crippen molar-refractivity contribution in [2.24, 2.45) is 5.10 Å². The number of pyridine rings is 2. The lowest BCUT2D eigenvalue weighted by Crippen LogP contribution is -1.96. The first-order chi connectivity index (χ1) is 12.7. The van der Waals surface area contributed by atoms with Crippen LogP contribution in [0.4, 0.5) is 5.82 Å². The Hall–Kier alpha value is -3.47. The lowest BCUT2D eigenvalue weighted by molar-refractivity contribution is 0.415. The molecule has 128 valence electrons. The minimum absolute atomic E-state index is 0.688. The van der Waals surface area contributed by atoms with Gasteiger partial charge in [0.2, 0.25) is 0 Å². The molecule has 0 spiro atoms. The fourth-order valence-electron chi connectivity index (χ4n) is 2.90. The molecule has 0 amide bonds. The summed E-state index contributed by atoms with van der Waals surface area (Å²) in [6.45, 7) is 2.05. The van der Waals surface area contributed by atoms with E-state index in [-0.39, 0.29) is 0 Å². The molecule has 5 nitrogen and oxygen atoms in total. The Bertz CT molecular complexity index is 1120. The molecule has 0 aliphatic rings. The Morgan fingerprint density at radius 2 is 1.92 bits per heavy atom. The van der Waals surface area contributed by atoms with Crippen LogP contribution in [0.3, 0.4) is 0 Å². The number of aryl methyl sites for hydroxylation is 1. The van der Waals surface area contributed by atoms with Crippen LogP contribution < -0.4 is 10.2 Å². The van der Waals surface area contributed by atoms with Crippen LogP contribution in [0.2, 0.25) is 0 Å². The van der Waals surface area contributed by atoms with Gasteiger partial charge >= 0.3 is 0 Å². The van der Waals surface area contributed by atoms with Crippen molar-refractivity contribution >= 4 is 33.8 Å². The summed E-state index contributed by atoms with van der Waals surface area (Å²) in [7, 11) is 1.65. The fourth-order valence-corrected chi connectivity index (χ4v) is 2.90. The molecule has 0 saturated carbocycles. The number of ether oxygens (including phenoxy) is 1. The van der Waals surface area contributed by atoms with Gasteiger partial charge in [0.05, 0.1) is 24.4 Å². The second-order valence-electron chi connectivity index (χ2n) is 6.04. The fraction of sp³-hybridized carbons (Fsp3) is 0.0952. The van der Waals surface area contributed by atoms with Crippen LogP contribution >= 0.6 is 0 Å². The van der Waals surface area contributed by atoms with E-state index >= 15 is 0 Å². The van der Waals surface area contributed by atoms with Crippen LogP contribution in [0, 0.1) is 6.92 Å². The van der Waals surface area contributed by atoms with E-state index in [1.807, 2.05) is 48.5 Å². The number of benzene rings is 2. The Labute approximate surface area is 151 Å². The molecule has 1 N–H and O–H groups in total. The van der Waals surface area contributed by atoms with Gasteiger partial charge in [-0.1, -0.05) is 18.2 Å². The molecule has 0 radical (unpaired) electrons. The normalized spacial score (nSPS) is 11.3. The molecule has 2 aromatic heterocycles. The molecule has 0 aliphatic carbocycles. The van der Waals surface area contributed by atoms with Gasteiger partial charge in [-0.25, -0.2) is 4.98 Å². The summed E-state index contributed by atoms with van der Waals surface area (Å²) in [6.07, 6.45) is 3.55. The highest BCUT2D eigenvalue weighted by Crippen LogP contribution is 2.24. The minimum atomic E-state index is 0.688. The van der Waals surface area contributed by atoms with Crippen LogP contribution in [0.25, 0.3) is 21.8 Å². The first-order valence-corrected chi connectivity index (χ1v) is 8.32. The maximum Gasteiger partial charge on any atom is 0.147 e. The second kappa shape index (κ2) is 6.80. The topological polar surface area (TPSA) is 59.4 Å². The van der Waals surface area contributed by atoms with Crippen molar-refractivity contribution in [3.8, 4) is 5.75 Å². The monoisotopic (exact) mass is 342 g/mol. The third-order valence-electron chi connectivity index (χ3n) is 4.23. The van der Waals surface area contributed by atoms with Gasteiger partial charge in [0, 0.05) is 28.6 Å². The van der Waals surface area contributed by atoms with E-state index < -0.39 is 0 Å². The summed E-state index contributed by atoms with van der Waals surface area (Å²) >= 11 is 0. The minimum Gasteiger partial charge on any atom is -0.497 e. The number of aromatic nitrogens is 2. The van der Waals surface area contributed by atoms with Gasteiger partial charge in [-0.15, -0.1) is 0 Å². The standard InChI is InChI=1S/C21H18N4O/c1-14-9-21(24-20-11-17(26-2)7-8-18(14)20)25-23-13-15-10-16-5-3-4-6-19(16)22-12-15/h3-13H,1-2H3,(H,24,25)/b23-13+. The Morgan fingerprint density at radius 1 is 1.04 bits per heavy atom. The maximum atomic E-state index is 5.28. The third-order valence-corrected chi connectivity index (χ3v) is 4.23. The molecule has 2 heterocycles. The van der Waals surface area contributed by atoms with Crippen LogP contribution in [0.5, 0.6) is 5.75 Å². The van der Waals surface area contributed by atoms with E-state index in [1.54, 1.807) is 19.5 Å². The number of methoxy groups -OCH3 is 1. The number of anilines is 1. The molecule has 0 saturated heterocycles. The van der Waals surface area contributed by atoms with E-state index in [0.29, 0.717) is 5.82 Å². The number of fused-ring (bicyclic) bond motifs is 2. The molecule has 0 fully saturated rings. The number of nitrogens with one attached hydrogen (secondary N) is 1. The molecule has 0 atom stereocenters. The average Bonchev–Trinajstić information content (AvgIpc) is 2.67. The lowest BCUT2D eigenvalue weighted by Gasteiger charge is -2.07. The summed E-state index contributed by atoms with van der Waals surface area (Å²) in [4.78, 5) is 9.04. The molecule has 4 aromatic rings. The van der Waals surface area contributed by atoms with E-state index in [1.165, 1.54) is 0 Å². The molecule has 0 bridgehead atoms. The number of rotatable bonds is 4. The highest BCUT2D eigenvalue weighted by atomic mass is 16.5. The van der Waals surface area contributed by atoms with Gasteiger partial charge in [0.1, 0.15) is 11.6 Å². The molecule has 0 unspecified atom stereocenters. The number of nitrogens with zero attached hydrogens (tertiary/aromatic N) is 3. The SMILES string of the molecule is COc1ccc2c(C)cc(N/N=C/c3cnc4ccccc4c3)nc2c1. The number of hydrogen-bond donors (Lipinski definition) is 1. The van der Waals surface area contributed by atoms with Crippen molar-refractivity contribution < 1.29 is 4.74 Å². The van der Waals surface area contributed by atoms with E-state index in [2.05, 4.69) is 33.5 Å². The van der Waals surface area contributed by atoms with E-state index in [9.17, 15) is 0 Å². The summed E-state index contributed by atoms with van der Waals surface area (Å²) in [5.41, 5.74) is 6.90. The number of hydrazone groups is 1. The van der Waals surface area contributed by atoms with Gasteiger partial charge in [-0.3, -0.25) is 10.4 Å². The lowest BCUT2D eigenvalue weighted by atomic mass is 10.1. The predicted octanol–water partition coefficient (Wildman–Crippen LogP) is 4.55. The third kappa shape index (κ3) is 3.19. The molecule has 26 heavy (non-hydrogen) atoms. The maximum absolute atomic E-state index is 5.28. The molecule has 2 aromatic carbocycles. The van der Waals surface area contributed by atoms with Gasteiger partial charge in [0.25, 0.3) is 0 Å². The zero-order chi connectivity index (χ0) is 17.9. The molecule has 0 aliphatic heterocycles. The highest BCUT2D eigenvalue weighted by molar-refractivity contribution is 5.88. The second-order valence-corrected chi connectivity index (χ2v) is 6.04. The summed E-state index contributed by atoms with van der Waals surface area (Å²) in [5, 5.41) is 6.48. The molecular weight excluding hydrogens is 324 g/mol. The Morgan fingerprint density at radius 3 is 2.81 bits per heavy atom. The number of para-hydroxylation sites is 1. The molecule has 5 heteroatoms. The highest BCUT2D eigenvalue weighted by Gasteiger charge is 2.04.